The van der Waals surface area contributed by atoms with Gasteiger partial charge in [-0.05, 0) is 12.3 Å². The quantitative estimate of drug-likeness (QED) is 0.667. The Bertz CT molecular complexity index is 286. The van der Waals surface area contributed by atoms with Crippen LogP contribution in [0.5, 0.6) is 0 Å². The number of cyclic esters (lactones) is 1. The van der Waals surface area contributed by atoms with Crippen LogP contribution in [-0.4, -0.2) is 33.9 Å². The van der Waals surface area contributed by atoms with Crippen LogP contribution in [0, 0.1) is 11.8 Å². The molecule has 1 heterocycles. The molecule has 0 amide bonds. The van der Waals surface area contributed by atoms with Gasteiger partial charge in [-0.2, -0.15) is 0 Å². The molecule has 0 radical (unpaired) electrons. The summed E-state index contributed by atoms with van der Waals surface area (Å²) in [5, 5.41) is 18.9. The summed E-state index contributed by atoms with van der Waals surface area (Å²) in [6.45, 7) is 5.08. The normalized spacial score (nSPS) is 35.7. The number of carboxylic acid groups (broad SMARTS) is 1. The Labute approximate surface area is 88.0 Å². The number of aliphatic carboxylic acids is 1. The summed E-state index contributed by atoms with van der Waals surface area (Å²) in [5.74, 6) is -2.79. The number of aliphatic hydroxyl groups is 1. The third kappa shape index (κ3) is 1.61. The second kappa shape index (κ2) is 3.81. The molecule has 15 heavy (non-hydrogen) atoms. The molecule has 1 aliphatic heterocycles. The van der Waals surface area contributed by atoms with Gasteiger partial charge in [-0.25, -0.2) is 4.79 Å². The summed E-state index contributed by atoms with van der Waals surface area (Å²) in [7, 11) is 0. The minimum absolute atomic E-state index is 0.0679. The van der Waals surface area contributed by atoms with E-state index in [1.54, 1.807) is 20.8 Å². The van der Waals surface area contributed by atoms with Crippen LogP contribution >= 0.6 is 0 Å². The lowest BCUT2D eigenvalue weighted by molar-refractivity contribution is -0.176. The molecular formula is C10H16O5. The van der Waals surface area contributed by atoms with Gasteiger partial charge in [0.05, 0.1) is 5.92 Å². The van der Waals surface area contributed by atoms with E-state index in [2.05, 4.69) is 0 Å². The molecule has 0 aromatic carbocycles. The molecule has 1 fully saturated rings. The predicted octanol–water partition coefficient (Wildman–Crippen LogP) is 0.410. The Balaban J connectivity index is 3.07. The first kappa shape index (κ1) is 12.0. The highest BCUT2D eigenvalue weighted by Gasteiger charge is 2.59. The van der Waals surface area contributed by atoms with E-state index >= 15 is 0 Å². The smallest absolute Gasteiger partial charge is 0.350 e. The Morgan fingerprint density at radius 3 is 2.33 bits per heavy atom. The van der Waals surface area contributed by atoms with E-state index in [1.165, 1.54) is 0 Å². The van der Waals surface area contributed by atoms with Crippen LogP contribution in [0.2, 0.25) is 0 Å². The van der Waals surface area contributed by atoms with Crippen molar-refractivity contribution in [2.45, 2.75) is 38.9 Å². The average Bonchev–Trinajstić information content (AvgIpc) is 2.38. The highest BCUT2D eigenvalue weighted by molar-refractivity contribution is 5.88. The molecule has 0 unspecified atom stereocenters. The number of aliphatic hydroxyl groups excluding tert-OH is 1. The fraction of sp³-hybridized carbons (Fsp3) is 0.800. The number of hydrogen-bond acceptors (Lipinski definition) is 4. The second-order valence-electron chi connectivity index (χ2n) is 4.18. The summed E-state index contributed by atoms with van der Waals surface area (Å²) in [6, 6.07) is 0. The van der Waals surface area contributed by atoms with Crippen LogP contribution < -0.4 is 0 Å². The fourth-order valence-corrected chi connectivity index (χ4v) is 1.97. The van der Waals surface area contributed by atoms with E-state index in [0.29, 0.717) is 0 Å². The maximum Gasteiger partial charge on any atom is 0.350 e. The molecule has 5 nitrogen and oxygen atoms in total. The van der Waals surface area contributed by atoms with Gasteiger partial charge in [0.15, 0.2) is 0 Å². The number of carbonyl (C=O) groups excluding carboxylic acids is 1. The minimum atomic E-state index is -1.76. The van der Waals surface area contributed by atoms with Crippen LogP contribution in [0.15, 0.2) is 0 Å². The van der Waals surface area contributed by atoms with Gasteiger partial charge in [-0.1, -0.05) is 20.8 Å². The zero-order chi connectivity index (χ0) is 11.8. The first-order valence-corrected chi connectivity index (χ1v) is 5.01. The van der Waals surface area contributed by atoms with Crippen molar-refractivity contribution in [3.8, 4) is 0 Å². The molecule has 3 atom stereocenters. The van der Waals surface area contributed by atoms with Crippen molar-refractivity contribution in [2.24, 2.45) is 11.8 Å². The first-order valence-electron chi connectivity index (χ1n) is 5.01. The maximum absolute atomic E-state index is 11.5. The van der Waals surface area contributed by atoms with Crippen LogP contribution in [0.1, 0.15) is 27.2 Å². The van der Waals surface area contributed by atoms with Crippen molar-refractivity contribution in [3.05, 3.63) is 0 Å². The topological polar surface area (TPSA) is 83.8 Å². The molecule has 0 aliphatic carbocycles. The standard InChI is InChI=1S/C10H16O5/c1-4-10(9(13)14)7(11)6(5(2)3)8(12)15-10/h5-7,11H,4H2,1-3H3,(H,13,14)/t6-,7-,10+/m1/s1. The van der Waals surface area contributed by atoms with Crippen LogP contribution in [0.25, 0.3) is 0 Å². The van der Waals surface area contributed by atoms with Crippen LogP contribution in [0.3, 0.4) is 0 Å². The van der Waals surface area contributed by atoms with E-state index in [0.717, 1.165) is 0 Å². The van der Waals surface area contributed by atoms with Crippen molar-refractivity contribution in [2.75, 3.05) is 0 Å². The van der Waals surface area contributed by atoms with Crippen molar-refractivity contribution in [3.63, 3.8) is 0 Å². The Hall–Kier alpha value is -1.10. The summed E-state index contributed by atoms with van der Waals surface area (Å²) >= 11 is 0. The van der Waals surface area contributed by atoms with E-state index in [9.17, 15) is 14.7 Å². The lowest BCUT2D eigenvalue weighted by Crippen LogP contribution is -2.48. The van der Waals surface area contributed by atoms with Gasteiger partial charge in [0.1, 0.15) is 6.10 Å². The molecule has 0 aromatic rings. The molecule has 2 N–H and O–H groups in total. The lowest BCUT2D eigenvalue weighted by atomic mass is 9.82. The Morgan fingerprint density at radius 2 is 2.13 bits per heavy atom. The third-order valence-corrected chi connectivity index (χ3v) is 2.98. The summed E-state index contributed by atoms with van der Waals surface area (Å²) in [6.07, 6.45) is -1.20. The summed E-state index contributed by atoms with van der Waals surface area (Å²) in [4.78, 5) is 22.5. The minimum Gasteiger partial charge on any atom is -0.478 e. The third-order valence-electron chi connectivity index (χ3n) is 2.98. The van der Waals surface area contributed by atoms with Gasteiger partial charge >= 0.3 is 11.9 Å². The molecule has 5 heteroatoms. The molecule has 0 bridgehead atoms. The largest absolute Gasteiger partial charge is 0.478 e. The predicted molar refractivity (Wildman–Crippen MR) is 51.1 cm³/mol. The Morgan fingerprint density at radius 1 is 1.60 bits per heavy atom. The van der Waals surface area contributed by atoms with E-state index in [-0.39, 0.29) is 12.3 Å². The summed E-state index contributed by atoms with van der Waals surface area (Å²) in [5.41, 5.74) is -1.76. The second-order valence-corrected chi connectivity index (χ2v) is 4.18. The number of rotatable bonds is 3. The Kier molecular flexibility index (Phi) is 3.04. The van der Waals surface area contributed by atoms with Gasteiger partial charge in [-0.15, -0.1) is 0 Å². The number of hydrogen-bond donors (Lipinski definition) is 2. The average molecular weight is 216 g/mol. The van der Waals surface area contributed by atoms with Crippen molar-refractivity contribution >= 4 is 11.9 Å². The number of ether oxygens (including phenoxy) is 1. The molecular weight excluding hydrogens is 200 g/mol. The highest BCUT2D eigenvalue weighted by atomic mass is 16.6. The molecule has 86 valence electrons. The van der Waals surface area contributed by atoms with Crippen molar-refractivity contribution < 1.29 is 24.5 Å². The van der Waals surface area contributed by atoms with Gasteiger partial charge in [-0.3, -0.25) is 4.79 Å². The number of esters is 1. The van der Waals surface area contributed by atoms with Gasteiger partial charge < -0.3 is 14.9 Å². The maximum atomic E-state index is 11.5. The van der Waals surface area contributed by atoms with E-state index in [1.807, 2.05) is 0 Å². The first-order chi connectivity index (χ1) is 6.86. The van der Waals surface area contributed by atoms with Gasteiger partial charge in [0.25, 0.3) is 0 Å². The van der Waals surface area contributed by atoms with Crippen molar-refractivity contribution in [1.29, 1.82) is 0 Å². The molecule has 1 aliphatic rings. The zero-order valence-electron chi connectivity index (χ0n) is 9.06. The van der Waals surface area contributed by atoms with E-state index in [4.69, 9.17) is 9.84 Å². The van der Waals surface area contributed by atoms with E-state index < -0.39 is 29.6 Å². The molecule has 1 rings (SSSR count). The lowest BCUT2D eigenvalue weighted by Gasteiger charge is -2.26. The molecule has 1 saturated heterocycles. The zero-order valence-corrected chi connectivity index (χ0v) is 9.06. The van der Waals surface area contributed by atoms with Gasteiger partial charge in [0, 0.05) is 0 Å². The van der Waals surface area contributed by atoms with Gasteiger partial charge in [0.2, 0.25) is 5.60 Å². The van der Waals surface area contributed by atoms with Crippen molar-refractivity contribution in [1.82, 2.24) is 0 Å². The molecule has 0 aromatic heterocycles. The monoisotopic (exact) mass is 216 g/mol. The molecule has 0 saturated carbocycles. The van der Waals surface area contributed by atoms with Crippen LogP contribution in [0.4, 0.5) is 0 Å². The van der Waals surface area contributed by atoms with Crippen LogP contribution in [-0.2, 0) is 14.3 Å². The number of carbonyl (C=O) groups is 2. The highest BCUT2D eigenvalue weighted by Crippen LogP contribution is 2.38. The fourth-order valence-electron chi connectivity index (χ4n) is 1.97. The summed E-state index contributed by atoms with van der Waals surface area (Å²) < 4.78 is 4.86. The SMILES string of the molecule is CC[C@]1(C(=O)O)OC(=O)[C@H](C(C)C)[C@H]1O. The number of carboxylic acids is 1. The molecule has 0 spiro atoms.